The van der Waals surface area contributed by atoms with Gasteiger partial charge in [-0.3, -0.25) is 9.48 Å². The fraction of sp³-hybridized carbons (Fsp3) is 0.514. The van der Waals surface area contributed by atoms with Crippen molar-refractivity contribution >= 4 is 37.4 Å². The molecule has 2 saturated heterocycles. The lowest BCUT2D eigenvalue weighted by Gasteiger charge is -2.48. The summed E-state index contributed by atoms with van der Waals surface area (Å²) in [5, 5.41) is 15.1. The molecule has 2 aromatic carbocycles. The molecule has 2 aliphatic heterocycles. The number of likely N-dealkylation sites (tertiary alicyclic amines) is 1. The number of hydrogen-bond donors (Lipinski definition) is 0. The molecule has 6 rings (SSSR count). The molecule has 0 bridgehead atoms. The number of aryl methyl sites for hydroxylation is 1. The predicted molar refractivity (Wildman–Crippen MR) is 179 cm³/mol. The van der Waals surface area contributed by atoms with E-state index in [-0.39, 0.29) is 33.8 Å². The van der Waals surface area contributed by atoms with Gasteiger partial charge in [0.1, 0.15) is 6.10 Å². The average molecular weight is 709 g/mol. The maximum atomic E-state index is 13.1. The molecule has 1 saturated carbocycles. The summed E-state index contributed by atoms with van der Waals surface area (Å²) in [5.74, 6) is 0.548. The molecule has 1 aliphatic carbocycles. The van der Waals surface area contributed by atoms with E-state index in [9.17, 15) is 18.5 Å². The van der Waals surface area contributed by atoms with Crippen molar-refractivity contribution in [1.82, 2.24) is 14.7 Å². The topological polar surface area (TPSA) is 109 Å². The number of rotatable bonds is 10. The number of anilines is 1. The first kappa shape index (κ1) is 32.7. The fourth-order valence-electron chi connectivity index (χ4n) is 7.95. The Morgan fingerprint density at radius 3 is 2.37 bits per heavy atom. The van der Waals surface area contributed by atoms with Crippen molar-refractivity contribution in [3.63, 3.8) is 0 Å². The van der Waals surface area contributed by atoms with Crippen molar-refractivity contribution in [2.45, 2.75) is 66.9 Å². The molecule has 3 aliphatic rings. The van der Waals surface area contributed by atoms with Crippen LogP contribution in [0.4, 0.5) is 5.69 Å². The van der Waals surface area contributed by atoms with Crippen molar-refractivity contribution in [2.24, 2.45) is 24.8 Å². The van der Waals surface area contributed by atoms with Crippen LogP contribution in [0.5, 0.6) is 0 Å². The fourth-order valence-corrected chi connectivity index (χ4v) is 10.2. The molecule has 3 atom stereocenters. The Hall–Kier alpha value is -3.20. The number of nitriles is 1. The number of esters is 1. The normalized spacial score (nSPS) is 22.6. The number of ether oxygens (including phenoxy) is 1. The number of halogens is 1. The number of nitrogens with zero attached hydrogens (tertiary/aromatic N) is 5. The quantitative estimate of drug-likeness (QED) is 0.245. The van der Waals surface area contributed by atoms with E-state index >= 15 is 0 Å². The van der Waals surface area contributed by atoms with Gasteiger partial charge in [0, 0.05) is 56.8 Å². The highest BCUT2D eigenvalue weighted by Crippen LogP contribution is 2.51. The highest BCUT2D eigenvalue weighted by molar-refractivity contribution is 9.10. The Labute approximate surface area is 280 Å². The molecule has 1 unspecified atom stereocenters. The summed E-state index contributed by atoms with van der Waals surface area (Å²) in [7, 11) is -2.01. The van der Waals surface area contributed by atoms with Gasteiger partial charge in [-0.2, -0.15) is 10.4 Å². The molecule has 3 fully saturated rings. The SMILES string of the molecule is CCC(=O)O[C@@H]1CCC[C@H]1C(C#N)(c1ccccc1)C1CCN(CC2CN(c3ccc(S(=O)(=O)c4nn(C)cc4Br)cc3)C2)CC1. The van der Waals surface area contributed by atoms with Crippen LogP contribution in [-0.4, -0.2) is 67.9 Å². The van der Waals surface area contributed by atoms with Crippen LogP contribution in [0.2, 0.25) is 0 Å². The Morgan fingerprint density at radius 1 is 1.07 bits per heavy atom. The lowest BCUT2D eigenvalue weighted by molar-refractivity contribution is -0.151. The minimum atomic E-state index is -3.71. The third-order valence-corrected chi connectivity index (χ3v) is 12.8. The first-order valence-electron chi connectivity index (χ1n) is 16.3. The maximum Gasteiger partial charge on any atom is 0.305 e. The summed E-state index contributed by atoms with van der Waals surface area (Å²) in [4.78, 5) is 17.4. The van der Waals surface area contributed by atoms with Crippen molar-refractivity contribution in [3.05, 3.63) is 70.8 Å². The van der Waals surface area contributed by atoms with Crippen LogP contribution in [0.1, 0.15) is 51.0 Å². The largest absolute Gasteiger partial charge is 0.462 e. The predicted octanol–water partition coefficient (Wildman–Crippen LogP) is 5.75. The van der Waals surface area contributed by atoms with E-state index in [1.807, 2.05) is 37.3 Å². The second-order valence-corrected chi connectivity index (χ2v) is 15.8. The van der Waals surface area contributed by atoms with E-state index in [1.54, 1.807) is 25.4 Å². The second-order valence-electron chi connectivity index (χ2n) is 13.1. The molecular weight excluding hydrogens is 666 g/mol. The molecule has 1 aromatic heterocycles. The van der Waals surface area contributed by atoms with Crippen LogP contribution >= 0.6 is 15.9 Å². The minimum Gasteiger partial charge on any atom is -0.462 e. The summed E-state index contributed by atoms with van der Waals surface area (Å²) in [5.41, 5.74) is 1.40. The van der Waals surface area contributed by atoms with Crippen LogP contribution in [0.25, 0.3) is 0 Å². The summed E-state index contributed by atoms with van der Waals surface area (Å²) in [6, 6.07) is 20.1. The Bertz CT molecular complexity index is 1680. The van der Waals surface area contributed by atoms with Crippen LogP contribution in [-0.2, 0) is 31.8 Å². The molecule has 3 heterocycles. The number of aromatic nitrogens is 2. The maximum absolute atomic E-state index is 13.1. The lowest BCUT2D eigenvalue weighted by Crippen LogP contribution is -2.54. The van der Waals surface area contributed by atoms with Gasteiger partial charge in [-0.1, -0.05) is 37.3 Å². The molecule has 3 aromatic rings. The zero-order valence-corrected chi connectivity index (χ0v) is 28.9. The third kappa shape index (κ3) is 6.24. The van der Waals surface area contributed by atoms with Gasteiger partial charge >= 0.3 is 5.97 Å². The zero-order chi connectivity index (χ0) is 32.5. The Balaban J connectivity index is 1.07. The van der Waals surface area contributed by atoms with Gasteiger partial charge < -0.3 is 14.5 Å². The third-order valence-electron chi connectivity index (χ3n) is 10.3. The zero-order valence-electron chi connectivity index (χ0n) is 26.5. The standard InChI is InChI=1S/C35H42BrN5O4S/c1-3-33(42)45-32-11-7-10-30(32)35(24-37,26-8-5-4-6-9-26)27-16-18-40(19-17-27)20-25-21-41(22-25)28-12-14-29(15-13-28)46(43,44)34-31(36)23-39(2)38-34/h4-6,8-9,12-15,23,25,27,30,32H,3,7,10-11,16-22H2,1-2H3/t30-,32-,35?/m1/s1. The van der Waals surface area contributed by atoms with Crippen LogP contribution in [0.15, 0.2) is 75.2 Å². The molecule has 0 N–H and O–H groups in total. The summed E-state index contributed by atoms with van der Waals surface area (Å²) < 4.78 is 34.0. The monoisotopic (exact) mass is 707 g/mol. The molecular formula is C35H42BrN5O4S. The van der Waals surface area contributed by atoms with Gasteiger partial charge in [0.05, 0.1) is 20.9 Å². The van der Waals surface area contributed by atoms with Gasteiger partial charge in [0.2, 0.25) is 9.84 Å². The molecule has 11 heteroatoms. The Kier molecular flexibility index (Phi) is 9.60. The number of sulfone groups is 1. The molecule has 0 spiro atoms. The van der Waals surface area contributed by atoms with E-state index in [1.165, 1.54) is 4.68 Å². The van der Waals surface area contributed by atoms with E-state index in [4.69, 9.17) is 4.74 Å². The van der Waals surface area contributed by atoms with Gasteiger partial charge in [0.25, 0.3) is 0 Å². The van der Waals surface area contributed by atoms with E-state index in [0.29, 0.717) is 16.8 Å². The molecule has 0 radical (unpaired) electrons. The van der Waals surface area contributed by atoms with E-state index in [0.717, 1.165) is 76.1 Å². The van der Waals surface area contributed by atoms with Gasteiger partial charge in [-0.05, 0) is 96.9 Å². The molecule has 9 nitrogen and oxygen atoms in total. The number of carbonyl (C=O) groups is 1. The number of hydrogen-bond acceptors (Lipinski definition) is 8. The van der Waals surface area contributed by atoms with Gasteiger partial charge in [-0.25, -0.2) is 8.42 Å². The summed E-state index contributed by atoms with van der Waals surface area (Å²) in [6.45, 7) is 6.57. The van der Waals surface area contributed by atoms with E-state index in [2.05, 4.69) is 49.0 Å². The lowest BCUT2D eigenvalue weighted by atomic mass is 9.59. The summed E-state index contributed by atoms with van der Waals surface area (Å²) in [6.07, 6.45) is 6.34. The first-order chi connectivity index (χ1) is 22.1. The Morgan fingerprint density at radius 2 is 1.76 bits per heavy atom. The smallest absolute Gasteiger partial charge is 0.305 e. The van der Waals surface area contributed by atoms with Crippen LogP contribution < -0.4 is 4.90 Å². The molecule has 244 valence electrons. The number of carbonyl (C=O) groups excluding carboxylic acids is 1. The van der Waals surface area contributed by atoms with E-state index < -0.39 is 15.3 Å². The summed E-state index contributed by atoms with van der Waals surface area (Å²) >= 11 is 3.31. The average Bonchev–Trinajstić information content (AvgIpc) is 3.66. The van der Waals surface area contributed by atoms with Crippen LogP contribution in [0.3, 0.4) is 0 Å². The molecule has 0 amide bonds. The minimum absolute atomic E-state index is 0.000930. The molecule has 46 heavy (non-hydrogen) atoms. The van der Waals surface area contributed by atoms with Crippen molar-refractivity contribution in [2.75, 3.05) is 37.6 Å². The highest BCUT2D eigenvalue weighted by Gasteiger charge is 2.53. The van der Waals surface area contributed by atoms with Gasteiger partial charge in [-0.15, -0.1) is 0 Å². The highest BCUT2D eigenvalue weighted by atomic mass is 79.9. The number of piperidine rings is 1. The van der Waals surface area contributed by atoms with Crippen molar-refractivity contribution in [3.8, 4) is 6.07 Å². The van der Waals surface area contributed by atoms with Crippen LogP contribution in [0, 0.1) is 29.1 Å². The first-order valence-corrected chi connectivity index (χ1v) is 18.6. The number of benzene rings is 2. The van der Waals surface area contributed by atoms with Crippen molar-refractivity contribution in [1.29, 1.82) is 5.26 Å². The van der Waals surface area contributed by atoms with Crippen molar-refractivity contribution < 1.29 is 17.9 Å². The van der Waals surface area contributed by atoms with Gasteiger partial charge in [0.15, 0.2) is 5.03 Å². The second kappa shape index (κ2) is 13.5.